The van der Waals surface area contributed by atoms with Crippen LogP contribution >= 0.6 is 0 Å². The van der Waals surface area contributed by atoms with Crippen LogP contribution in [0.4, 0.5) is 0 Å². The largest absolute Gasteiger partial charge is 0.481 e. The molecule has 2 bridgehead atoms. The number of aliphatic carboxylic acids is 1. The summed E-state index contributed by atoms with van der Waals surface area (Å²) in [6.45, 7) is 25.8. The Kier molecular flexibility index (Phi) is 20.2. The Morgan fingerprint density at radius 3 is 1.78 bits per heavy atom. The van der Waals surface area contributed by atoms with Gasteiger partial charge in [-0.3, -0.25) is 14.4 Å². The lowest BCUT2D eigenvalue weighted by atomic mass is 9.80. The van der Waals surface area contributed by atoms with Crippen LogP contribution < -0.4 is 0 Å². The Bertz CT molecular complexity index is 1330. The fourth-order valence-corrected chi connectivity index (χ4v) is 6.61. The number of aliphatic hydroxyl groups is 1. The molecule has 3 saturated carbocycles. The van der Waals surface area contributed by atoms with Crippen molar-refractivity contribution in [1.82, 2.24) is 0 Å². The third-order valence-corrected chi connectivity index (χ3v) is 12.1. The van der Waals surface area contributed by atoms with Gasteiger partial charge in [0.2, 0.25) is 0 Å². The van der Waals surface area contributed by atoms with E-state index in [0.717, 1.165) is 30.6 Å². The summed E-state index contributed by atoms with van der Waals surface area (Å²) in [6, 6.07) is 10.6. The van der Waals surface area contributed by atoms with Gasteiger partial charge in [0.25, 0.3) is 0 Å². The maximum absolute atomic E-state index is 12.2. The molecule has 0 aromatic heterocycles. The second-order valence-corrected chi connectivity index (χ2v) is 17.5. The first-order chi connectivity index (χ1) is 25.1. The fourth-order valence-electron chi connectivity index (χ4n) is 6.61. The third kappa shape index (κ3) is 15.1. The van der Waals surface area contributed by atoms with Crippen molar-refractivity contribution in [3.8, 4) is 0 Å². The molecule has 9 nitrogen and oxygen atoms in total. The van der Waals surface area contributed by atoms with Gasteiger partial charge in [-0.05, 0) is 135 Å². The van der Waals surface area contributed by atoms with Gasteiger partial charge in [-0.1, -0.05) is 78.0 Å². The van der Waals surface area contributed by atoms with E-state index in [9.17, 15) is 24.3 Å². The summed E-state index contributed by atoms with van der Waals surface area (Å²) < 4.78 is 15.5. The molecule has 3 aliphatic carbocycles. The molecule has 0 radical (unpaired) electrons. The lowest BCUT2D eigenvalue weighted by Crippen LogP contribution is -2.36. The number of esters is 3. The minimum absolute atomic E-state index is 0.0251. The molecule has 1 aromatic carbocycles. The molecule has 1 aromatic rings. The second kappa shape index (κ2) is 22.4. The highest BCUT2D eigenvalue weighted by atomic mass is 16.6. The Balaban J connectivity index is 0.000000380. The van der Waals surface area contributed by atoms with Gasteiger partial charge < -0.3 is 24.4 Å². The number of benzene rings is 1. The van der Waals surface area contributed by atoms with E-state index < -0.39 is 28.9 Å². The van der Waals surface area contributed by atoms with E-state index in [1.165, 1.54) is 44.6 Å². The van der Waals surface area contributed by atoms with E-state index in [4.69, 9.17) is 19.3 Å². The van der Waals surface area contributed by atoms with Crippen LogP contribution in [-0.2, 0) is 33.4 Å². The number of fused-ring (bicyclic) bond motifs is 5. The zero-order valence-corrected chi connectivity index (χ0v) is 35.7. The molecule has 0 aliphatic heterocycles. The van der Waals surface area contributed by atoms with Gasteiger partial charge in [-0.2, -0.15) is 0 Å². The third-order valence-electron chi connectivity index (χ3n) is 12.1. The molecule has 54 heavy (non-hydrogen) atoms. The topological polar surface area (TPSA) is 136 Å². The molecular formula is C45H74O9. The van der Waals surface area contributed by atoms with Gasteiger partial charge >= 0.3 is 23.9 Å². The molecule has 9 heteroatoms. The molecular weight excluding hydrogens is 684 g/mol. The summed E-state index contributed by atoms with van der Waals surface area (Å²) in [5.74, 6) is 2.47. The number of ether oxygens (including phenoxy) is 3. The molecule has 0 heterocycles. The zero-order chi connectivity index (χ0) is 41.4. The molecule has 0 amide bonds. The molecule has 0 saturated heterocycles. The first-order valence-corrected chi connectivity index (χ1v) is 20.3. The van der Waals surface area contributed by atoms with Crippen molar-refractivity contribution < 1.29 is 43.6 Å². The zero-order valence-electron chi connectivity index (χ0n) is 35.7. The predicted octanol–water partition coefficient (Wildman–Crippen LogP) is 9.94. The van der Waals surface area contributed by atoms with E-state index in [2.05, 4.69) is 57.7 Å². The number of carbonyl (C=O) groups excluding carboxylic acids is 3. The van der Waals surface area contributed by atoms with E-state index in [1.807, 2.05) is 27.7 Å². The Morgan fingerprint density at radius 1 is 0.778 bits per heavy atom. The van der Waals surface area contributed by atoms with Gasteiger partial charge in [-0.15, -0.1) is 0 Å². The van der Waals surface area contributed by atoms with E-state index in [0.29, 0.717) is 24.7 Å². The number of carboxylic acid groups (broad SMARTS) is 1. The minimum Gasteiger partial charge on any atom is -0.481 e. The van der Waals surface area contributed by atoms with Crippen LogP contribution in [0.1, 0.15) is 152 Å². The summed E-state index contributed by atoms with van der Waals surface area (Å²) in [6.07, 6.45) is 9.35. The Morgan fingerprint density at radius 2 is 1.30 bits per heavy atom. The number of rotatable bonds is 14. The molecule has 7 atom stereocenters. The standard InChI is InChI=1S/C16H26O2.C13H22O5.C10H14.C6H12O2/c1-4-16(2,3)15(17)18-14-9-10-8-13(14)12-7-5-6-11(10)12;1-6-13(4,5)12(16)18-8-10(14)7-17-11(15)9(2)3;1-3-9(2)10-7-5-4-6-8-10;1-4-6(2,3)5(7)8/h10-14H,4-9H2,1-3H3;10,14H,2,6-8H2,1,3-5H3;4-9H,3H2,1-2H3;4H2,1-3H3,(H,7,8). The molecule has 0 spiro atoms. The minimum atomic E-state index is -1.02. The van der Waals surface area contributed by atoms with Crippen molar-refractivity contribution in [3.05, 3.63) is 48.0 Å². The molecule has 7 unspecified atom stereocenters. The highest BCUT2D eigenvalue weighted by Crippen LogP contribution is 2.59. The van der Waals surface area contributed by atoms with Crippen LogP contribution in [0.5, 0.6) is 0 Å². The number of carboxylic acids is 1. The number of hydrogen-bond acceptors (Lipinski definition) is 8. The van der Waals surface area contributed by atoms with E-state index >= 15 is 0 Å². The highest BCUT2D eigenvalue weighted by molar-refractivity contribution is 5.86. The summed E-state index contributed by atoms with van der Waals surface area (Å²) in [4.78, 5) is 45.1. The van der Waals surface area contributed by atoms with Crippen LogP contribution in [-0.4, -0.2) is 59.5 Å². The summed E-state index contributed by atoms with van der Waals surface area (Å²) >= 11 is 0. The fraction of sp³-hybridized carbons (Fsp3) is 0.733. The van der Waals surface area contributed by atoms with Crippen molar-refractivity contribution in [2.24, 2.45) is 39.9 Å². The maximum atomic E-state index is 12.2. The average molecular weight is 759 g/mol. The van der Waals surface area contributed by atoms with Crippen LogP contribution in [0.25, 0.3) is 0 Å². The van der Waals surface area contributed by atoms with Crippen LogP contribution in [0.15, 0.2) is 42.5 Å². The van der Waals surface area contributed by atoms with Crippen molar-refractivity contribution in [3.63, 3.8) is 0 Å². The Labute approximate surface area is 327 Å². The molecule has 308 valence electrons. The van der Waals surface area contributed by atoms with Crippen LogP contribution in [0, 0.1) is 39.9 Å². The molecule has 3 aliphatic rings. The lowest BCUT2D eigenvalue weighted by Gasteiger charge is -2.33. The molecule has 4 rings (SSSR count). The quantitative estimate of drug-likeness (QED) is 0.108. The smallest absolute Gasteiger partial charge is 0.333 e. The monoisotopic (exact) mass is 759 g/mol. The second-order valence-electron chi connectivity index (χ2n) is 17.5. The van der Waals surface area contributed by atoms with Gasteiger partial charge in [0, 0.05) is 5.57 Å². The van der Waals surface area contributed by atoms with E-state index in [1.54, 1.807) is 27.7 Å². The van der Waals surface area contributed by atoms with Crippen molar-refractivity contribution in [1.29, 1.82) is 0 Å². The van der Waals surface area contributed by atoms with Gasteiger partial charge in [0.15, 0.2) is 0 Å². The molecule has 2 N–H and O–H groups in total. The van der Waals surface area contributed by atoms with Gasteiger partial charge in [0.1, 0.15) is 25.4 Å². The number of carbonyl (C=O) groups is 4. The van der Waals surface area contributed by atoms with Crippen molar-refractivity contribution >= 4 is 23.9 Å². The maximum Gasteiger partial charge on any atom is 0.333 e. The van der Waals surface area contributed by atoms with Gasteiger partial charge in [0.05, 0.1) is 16.2 Å². The highest BCUT2D eigenvalue weighted by Gasteiger charge is 2.55. The first-order valence-electron chi connectivity index (χ1n) is 20.3. The van der Waals surface area contributed by atoms with Crippen molar-refractivity contribution in [2.75, 3.05) is 13.2 Å². The van der Waals surface area contributed by atoms with Gasteiger partial charge in [-0.25, -0.2) is 4.79 Å². The average Bonchev–Trinajstić information content (AvgIpc) is 3.88. The summed E-state index contributed by atoms with van der Waals surface area (Å²) in [5.41, 5.74) is 0.279. The number of aliphatic hydroxyl groups excluding tert-OH is 1. The Hall–Kier alpha value is -3.20. The van der Waals surface area contributed by atoms with Crippen molar-refractivity contribution in [2.45, 2.75) is 159 Å². The summed E-state index contributed by atoms with van der Waals surface area (Å²) in [7, 11) is 0. The summed E-state index contributed by atoms with van der Waals surface area (Å²) in [5, 5.41) is 17.9. The lowest BCUT2D eigenvalue weighted by molar-refractivity contribution is -0.164. The SMILES string of the molecule is C=C(C)C(=O)OCC(O)COC(=O)C(C)(C)CC.CCC(C)(C)C(=O)O.CCC(C)(C)C(=O)OC1CC2CC1C1CCCC21.CCC(C)c1ccccc1. The number of hydrogen-bond donors (Lipinski definition) is 2. The van der Waals surface area contributed by atoms with Crippen LogP contribution in [0.2, 0.25) is 0 Å². The van der Waals surface area contributed by atoms with Crippen LogP contribution in [0.3, 0.4) is 0 Å². The normalized spacial score (nSPS) is 22.4. The first kappa shape index (κ1) is 48.8. The molecule has 3 fully saturated rings. The predicted molar refractivity (Wildman–Crippen MR) is 215 cm³/mol. The van der Waals surface area contributed by atoms with E-state index in [-0.39, 0.29) is 42.2 Å².